The molecule has 200 valence electrons. The Bertz CT molecular complexity index is 1260. The second-order valence-corrected chi connectivity index (χ2v) is 10.8. The van der Waals surface area contributed by atoms with Crippen molar-refractivity contribution in [2.45, 2.75) is 51.1 Å². The Hall–Kier alpha value is -3.30. The minimum atomic E-state index is -3.87. The molecule has 0 aliphatic heterocycles. The quantitative estimate of drug-likeness (QED) is 0.320. The smallest absolute Gasteiger partial charge is 0.243 e. The van der Waals surface area contributed by atoms with E-state index in [0.717, 1.165) is 11.1 Å². The standard InChI is InChI=1S/C28H36N2O6S/c1-6-22(3)30(37(32,33)25-12-9-21(2)10-13-25)20-28(31)29(19-24-8-7-17-36-24)16-15-23-11-14-26(34-4)27(18-23)35-5/h7-14,17-18,22H,6,15-16,19-20H2,1-5H3. The largest absolute Gasteiger partial charge is 0.493 e. The summed E-state index contributed by atoms with van der Waals surface area (Å²) < 4.78 is 44.6. The van der Waals surface area contributed by atoms with Crippen LogP contribution in [0.15, 0.2) is 70.2 Å². The van der Waals surface area contributed by atoms with Gasteiger partial charge in [-0.3, -0.25) is 4.79 Å². The van der Waals surface area contributed by atoms with Crippen LogP contribution >= 0.6 is 0 Å². The number of ether oxygens (including phenoxy) is 2. The molecule has 0 spiro atoms. The third-order valence-corrected chi connectivity index (χ3v) is 8.37. The Labute approximate surface area is 219 Å². The molecule has 1 unspecified atom stereocenters. The molecule has 0 saturated heterocycles. The van der Waals surface area contributed by atoms with Crippen LogP contribution in [0.5, 0.6) is 11.5 Å². The van der Waals surface area contributed by atoms with Crippen LogP contribution < -0.4 is 9.47 Å². The number of nitrogens with zero attached hydrogens (tertiary/aromatic N) is 2. The number of sulfonamides is 1. The Morgan fingerprint density at radius 3 is 2.32 bits per heavy atom. The summed E-state index contributed by atoms with van der Waals surface area (Å²) >= 11 is 0. The van der Waals surface area contributed by atoms with Gasteiger partial charge in [-0.1, -0.05) is 30.7 Å². The number of benzene rings is 2. The van der Waals surface area contributed by atoms with Crippen molar-refractivity contribution in [1.82, 2.24) is 9.21 Å². The molecule has 0 aliphatic carbocycles. The lowest BCUT2D eigenvalue weighted by molar-refractivity contribution is -0.132. The van der Waals surface area contributed by atoms with Crippen LogP contribution in [0.1, 0.15) is 37.2 Å². The monoisotopic (exact) mass is 528 g/mol. The van der Waals surface area contributed by atoms with Gasteiger partial charge in [-0.2, -0.15) is 4.31 Å². The number of methoxy groups -OCH3 is 2. The average molecular weight is 529 g/mol. The van der Waals surface area contributed by atoms with Gasteiger partial charge in [-0.15, -0.1) is 0 Å². The van der Waals surface area contributed by atoms with Crippen molar-refractivity contribution in [3.63, 3.8) is 0 Å². The van der Waals surface area contributed by atoms with E-state index >= 15 is 0 Å². The molecule has 2 aromatic carbocycles. The highest BCUT2D eigenvalue weighted by molar-refractivity contribution is 7.89. The predicted molar refractivity (Wildman–Crippen MR) is 142 cm³/mol. The molecule has 1 atom stereocenters. The van der Waals surface area contributed by atoms with Gasteiger partial charge >= 0.3 is 0 Å². The molecule has 0 saturated carbocycles. The van der Waals surface area contributed by atoms with Crippen LogP contribution in [0.2, 0.25) is 0 Å². The summed E-state index contributed by atoms with van der Waals surface area (Å²) in [5.41, 5.74) is 1.92. The lowest BCUT2D eigenvalue weighted by atomic mass is 10.1. The molecule has 1 heterocycles. The molecule has 3 aromatic rings. The molecule has 9 heteroatoms. The normalized spacial score (nSPS) is 12.4. The zero-order valence-electron chi connectivity index (χ0n) is 22.1. The van der Waals surface area contributed by atoms with Crippen LogP contribution in [0, 0.1) is 6.92 Å². The lowest BCUT2D eigenvalue weighted by Crippen LogP contribution is -2.46. The highest BCUT2D eigenvalue weighted by Gasteiger charge is 2.32. The number of carbonyl (C=O) groups is 1. The average Bonchev–Trinajstić information content (AvgIpc) is 3.42. The van der Waals surface area contributed by atoms with E-state index in [4.69, 9.17) is 13.9 Å². The number of furan rings is 1. The number of hydrogen-bond acceptors (Lipinski definition) is 6. The fraction of sp³-hybridized carbons (Fsp3) is 0.393. The van der Waals surface area contributed by atoms with E-state index in [0.29, 0.717) is 36.6 Å². The van der Waals surface area contributed by atoms with Crippen molar-refractivity contribution in [2.75, 3.05) is 27.3 Å². The zero-order chi connectivity index (χ0) is 27.0. The molecule has 37 heavy (non-hydrogen) atoms. The summed E-state index contributed by atoms with van der Waals surface area (Å²) in [7, 11) is -0.718. The fourth-order valence-corrected chi connectivity index (χ4v) is 5.60. The maximum Gasteiger partial charge on any atom is 0.243 e. The summed E-state index contributed by atoms with van der Waals surface area (Å²) in [6.45, 7) is 5.96. The second-order valence-electron chi connectivity index (χ2n) is 8.95. The SMILES string of the molecule is CCC(C)N(CC(=O)N(CCc1ccc(OC)c(OC)c1)Cc1ccco1)S(=O)(=O)c1ccc(C)cc1. The Morgan fingerprint density at radius 1 is 1.03 bits per heavy atom. The van der Waals surface area contributed by atoms with Gasteiger partial charge in [-0.05, 0) is 68.7 Å². The van der Waals surface area contributed by atoms with Gasteiger partial charge in [0, 0.05) is 12.6 Å². The molecule has 0 bridgehead atoms. The Kier molecular flexibility index (Phi) is 9.77. The summed E-state index contributed by atoms with van der Waals surface area (Å²) in [6.07, 6.45) is 2.67. The molecule has 1 amide bonds. The fourth-order valence-electron chi connectivity index (χ4n) is 3.94. The van der Waals surface area contributed by atoms with E-state index in [9.17, 15) is 13.2 Å². The third-order valence-electron chi connectivity index (χ3n) is 6.40. The van der Waals surface area contributed by atoms with Crippen molar-refractivity contribution < 1.29 is 27.1 Å². The van der Waals surface area contributed by atoms with Crippen molar-refractivity contribution in [3.8, 4) is 11.5 Å². The number of aryl methyl sites for hydroxylation is 1. The van der Waals surface area contributed by atoms with E-state index in [2.05, 4.69) is 0 Å². The minimum Gasteiger partial charge on any atom is -0.493 e. The molecule has 8 nitrogen and oxygen atoms in total. The minimum absolute atomic E-state index is 0.175. The van der Waals surface area contributed by atoms with Gasteiger partial charge in [0.05, 0.1) is 38.5 Å². The molecule has 0 aliphatic rings. The van der Waals surface area contributed by atoms with Crippen LogP contribution in [0.4, 0.5) is 0 Å². The maximum absolute atomic E-state index is 13.6. The first-order chi connectivity index (χ1) is 17.7. The first-order valence-corrected chi connectivity index (χ1v) is 13.7. The van der Waals surface area contributed by atoms with Gasteiger partial charge < -0.3 is 18.8 Å². The Balaban J connectivity index is 1.84. The first-order valence-electron chi connectivity index (χ1n) is 12.3. The molecule has 3 rings (SSSR count). The number of carbonyl (C=O) groups excluding carboxylic acids is 1. The topological polar surface area (TPSA) is 89.3 Å². The first kappa shape index (κ1) is 28.3. The summed E-state index contributed by atoms with van der Waals surface area (Å²) in [5.74, 6) is 1.56. The molecule has 0 radical (unpaired) electrons. The molecule has 1 aromatic heterocycles. The lowest BCUT2D eigenvalue weighted by Gasteiger charge is -2.30. The number of amides is 1. The van der Waals surface area contributed by atoms with Gasteiger partial charge in [0.2, 0.25) is 15.9 Å². The summed E-state index contributed by atoms with van der Waals surface area (Å²) in [6, 6.07) is 15.5. The van der Waals surface area contributed by atoms with E-state index in [1.807, 2.05) is 39.0 Å². The maximum atomic E-state index is 13.6. The van der Waals surface area contributed by atoms with Crippen molar-refractivity contribution in [3.05, 3.63) is 77.7 Å². The summed E-state index contributed by atoms with van der Waals surface area (Å²) in [5, 5.41) is 0. The van der Waals surface area contributed by atoms with Crippen LogP contribution in [0.3, 0.4) is 0 Å². The number of rotatable bonds is 13. The second kappa shape index (κ2) is 12.8. The van der Waals surface area contributed by atoms with E-state index in [-0.39, 0.29) is 29.9 Å². The van der Waals surface area contributed by atoms with Gasteiger partial charge in [0.1, 0.15) is 5.76 Å². The Morgan fingerprint density at radius 2 is 1.73 bits per heavy atom. The molecular formula is C28H36N2O6S. The van der Waals surface area contributed by atoms with E-state index in [1.54, 1.807) is 61.8 Å². The van der Waals surface area contributed by atoms with Crippen molar-refractivity contribution >= 4 is 15.9 Å². The molecular weight excluding hydrogens is 492 g/mol. The number of hydrogen-bond donors (Lipinski definition) is 0. The highest BCUT2D eigenvalue weighted by Crippen LogP contribution is 2.28. The van der Waals surface area contributed by atoms with Crippen LogP contribution in [0.25, 0.3) is 0 Å². The third kappa shape index (κ3) is 7.14. The van der Waals surface area contributed by atoms with Crippen LogP contribution in [-0.2, 0) is 27.8 Å². The highest BCUT2D eigenvalue weighted by atomic mass is 32.2. The molecule has 0 N–H and O–H groups in total. The zero-order valence-corrected chi connectivity index (χ0v) is 23.0. The van der Waals surface area contributed by atoms with Crippen LogP contribution in [-0.4, -0.2) is 56.9 Å². The van der Waals surface area contributed by atoms with Gasteiger partial charge in [0.25, 0.3) is 0 Å². The predicted octanol–water partition coefficient (Wildman–Crippen LogP) is 4.67. The van der Waals surface area contributed by atoms with Gasteiger partial charge in [0.15, 0.2) is 11.5 Å². The van der Waals surface area contributed by atoms with E-state index < -0.39 is 10.0 Å². The van der Waals surface area contributed by atoms with Gasteiger partial charge in [-0.25, -0.2) is 8.42 Å². The van der Waals surface area contributed by atoms with Crippen molar-refractivity contribution in [2.24, 2.45) is 0 Å². The van der Waals surface area contributed by atoms with Crippen molar-refractivity contribution in [1.29, 1.82) is 0 Å². The van der Waals surface area contributed by atoms with E-state index in [1.165, 1.54) is 4.31 Å². The molecule has 0 fully saturated rings. The summed E-state index contributed by atoms with van der Waals surface area (Å²) in [4.78, 5) is 15.4.